The van der Waals surface area contributed by atoms with Gasteiger partial charge in [-0.2, -0.15) is 0 Å². The number of aliphatic hydroxyl groups is 1. The Morgan fingerprint density at radius 1 is 1.59 bits per heavy atom. The van der Waals surface area contributed by atoms with E-state index in [1.165, 1.54) is 18.2 Å². The zero-order valence-corrected chi connectivity index (χ0v) is 11.1. The molecular weight excluding hydrogens is 289 g/mol. The number of hydrogen-bond acceptors (Lipinski definition) is 2. The Morgan fingerprint density at radius 2 is 2.29 bits per heavy atom. The minimum Gasteiger partial charge on any atom is -0.396 e. The predicted octanol–water partition coefficient (Wildman–Crippen LogP) is 2.48. The van der Waals surface area contributed by atoms with Crippen molar-refractivity contribution in [1.29, 1.82) is 0 Å². The smallest absolute Gasteiger partial charge is 0.252 e. The summed E-state index contributed by atoms with van der Waals surface area (Å²) in [7, 11) is 0. The fourth-order valence-corrected chi connectivity index (χ4v) is 1.87. The van der Waals surface area contributed by atoms with Gasteiger partial charge >= 0.3 is 0 Å². The van der Waals surface area contributed by atoms with Gasteiger partial charge < -0.3 is 10.4 Å². The molecule has 1 atom stereocenters. The summed E-state index contributed by atoms with van der Waals surface area (Å²) in [6.45, 7) is 1.95. The molecule has 17 heavy (non-hydrogen) atoms. The first-order valence-electron chi connectivity index (χ1n) is 5.41. The van der Waals surface area contributed by atoms with Crippen LogP contribution >= 0.6 is 15.9 Å². The summed E-state index contributed by atoms with van der Waals surface area (Å²) in [4.78, 5) is 11.8. The van der Waals surface area contributed by atoms with Crippen molar-refractivity contribution in [3.63, 3.8) is 0 Å². The first-order valence-corrected chi connectivity index (χ1v) is 6.20. The monoisotopic (exact) mass is 303 g/mol. The molecule has 5 heteroatoms. The van der Waals surface area contributed by atoms with Crippen molar-refractivity contribution in [2.75, 3.05) is 6.61 Å². The molecule has 0 spiro atoms. The second-order valence-electron chi connectivity index (χ2n) is 3.86. The molecule has 1 aromatic rings. The Bertz CT molecular complexity index is 398. The van der Waals surface area contributed by atoms with Crippen LogP contribution < -0.4 is 5.32 Å². The topological polar surface area (TPSA) is 49.3 Å². The molecule has 0 aliphatic rings. The van der Waals surface area contributed by atoms with Crippen molar-refractivity contribution >= 4 is 21.8 Å². The molecule has 0 aliphatic carbocycles. The molecule has 3 nitrogen and oxygen atoms in total. The predicted molar refractivity (Wildman–Crippen MR) is 67.3 cm³/mol. The summed E-state index contributed by atoms with van der Waals surface area (Å²) < 4.78 is 13.6. The second kappa shape index (κ2) is 6.71. The molecule has 0 aromatic heterocycles. The summed E-state index contributed by atoms with van der Waals surface area (Å²) in [6.07, 6.45) is 1.32. The third kappa shape index (κ3) is 4.44. The normalized spacial score (nSPS) is 12.2. The Balaban J connectivity index is 2.66. The molecule has 1 rings (SSSR count). The van der Waals surface area contributed by atoms with Gasteiger partial charge in [0.05, 0.1) is 5.56 Å². The van der Waals surface area contributed by atoms with Crippen LogP contribution in [-0.2, 0) is 0 Å². The number of nitrogens with one attached hydrogen (secondary N) is 1. The molecule has 94 valence electrons. The summed E-state index contributed by atoms with van der Waals surface area (Å²) >= 11 is 3.21. The van der Waals surface area contributed by atoms with Gasteiger partial charge in [0.1, 0.15) is 5.82 Å². The van der Waals surface area contributed by atoms with E-state index in [2.05, 4.69) is 21.2 Å². The average Bonchev–Trinajstić information content (AvgIpc) is 2.29. The van der Waals surface area contributed by atoms with E-state index < -0.39 is 5.82 Å². The van der Waals surface area contributed by atoms with Gasteiger partial charge in [-0.1, -0.05) is 0 Å². The number of hydrogen-bond donors (Lipinski definition) is 2. The number of halogens is 2. The highest BCUT2D eigenvalue weighted by Gasteiger charge is 2.13. The highest BCUT2D eigenvalue weighted by molar-refractivity contribution is 9.10. The maximum absolute atomic E-state index is 13.0. The molecule has 0 heterocycles. The first kappa shape index (κ1) is 14.1. The maximum atomic E-state index is 13.0. The van der Waals surface area contributed by atoms with E-state index in [4.69, 9.17) is 5.11 Å². The molecule has 0 saturated heterocycles. The van der Waals surface area contributed by atoms with Crippen LogP contribution in [0.2, 0.25) is 0 Å². The SMILES string of the molecule is CC(CCCO)NC(=O)c1cc(F)ccc1Br. The number of carbonyl (C=O) groups is 1. The molecule has 1 amide bonds. The number of carbonyl (C=O) groups excluding carboxylic acids is 1. The van der Waals surface area contributed by atoms with E-state index in [0.717, 1.165) is 0 Å². The summed E-state index contributed by atoms with van der Waals surface area (Å²) in [6, 6.07) is 3.93. The first-order chi connectivity index (χ1) is 8.04. The van der Waals surface area contributed by atoms with E-state index in [1.54, 1.807) is 0 Å². The van der Waals surface area contributed by atoms with Gasteiger partial charge in [0.15, 0.2) is 0 Å². The van der Waals surface area contributed by atoms with Crippen LogP contribution in [0.15, 0.2) is 22.7 Å². The van der Waals surface area contributed by atoms with E-state index in [0.29, 0.717) is 17.3 Å². The van der Waals surface area contributed by atoms with Gasteiger partial charge in [0.2, 0.25) is 0 Å². The highest BCUT2D eigenvalue weighted by Crippen LogP contribution is 2.17. The minimum atomic E-state index is -0.443. The van der Waals surface area contributed by atoms with Crippen LogP contribution in [0.1, 0.15) is 30.1 Å². The van der Waals surface area contributed by atoms with Gasteiger partial charge in [0.25, 0.3) is 5.91 Å². The number of amides is 1. The molecule has 0 aliphatic heterocycles. The Hall–Kier alpha value is -0.940. The summed E-state index contributed by atoms with van der Waals surface area (Å²) in [5.74, 6) is -0.761. The second-order valence-corrected chi connectivity index (χ2v) is 4.72. The third-order valence-corrected chi connectivity index (χ3v) is 3.04. The van der Waals surface area contributed by atoms with E-state index >= 15 is 0 Å². The lowest BCUT2D eigenvalue weighted by molar-refractivity contribution is 0.0935. The van der Waals surface area contributed by atoms with E-state index in [9.17, 15) is 9.18 Å². The fraction of sp³-hybridized carbons (Fsp3) is 0.417. The molecule has 1 aromatic carbocycles. The van der Waals surface area contributed by atoms with Gasteiger partial charge in [-0.25, -0.2) is 4.39 Å². The molecule has 2 N–H and O–H groups in total. The minimum absolute atomic E-state index is 0.0511. The van der Waals surface area contributed by atoms with Crippen molar-refractivity contribution < 1.29 is 14.3 Å². The van der Waals surface area contributed by atoms with Crippen LogP contribution in [-0.4, -0.2) is 23.7 Å². The van der Waals surface area contributed by atoms with Crippen molar-refractivity contribution in [1.82, 2.24) is 5.32 Å². The van der Waals surface area contributed by atoms with Gasteiger partial charge in [-0.05, 0) is 53.9 Å². The number of aliphatic hydroxyl groups excluding tert-OH is 1. The standard InChI is InChI=1S/C12H15BrFNO2/c1-8(3-2-6-16)15-12(17)10-7-9(14)4-5-11(10)13/h4-5,7-8,16H,2-3,6H2,1H3,(H,15,17). The third-order valence-electron chi connectivity index (χ3n) is 2.35. The van der Waals surface area contributed by atoms with Crippen LogP contribution in [0, 0.1) is 5.82 Å². The Kier molecular flexibility index (Phi) is 5.58. The van der Waals surface area contributed by atoms with Gasteiger partial charge in [-0.15, -0.1) is 0 Å². The van der Waals surface area contributed by atoms with Crippen LogP contribution in [0.3, 0.4) is 0 Å². The average molecular weight is 304 g/mol. The van der Waals surface area contributed by atoms with E-state index in [-0.39, 0.29) is 24.1 Å². The number of rotatable bonds is 5. The highest BCUT2D eigenvalue weighted by atomic mass is 79.9. The van der Waals surface area contributed by atoms with Crippen molar-refractivity contribution in [3.05, 3.63) is 34.1 Å². The summed E-state index contributed by atoms with van der Waals surface area (Å²) in [5, 5.41) is 11.4. The van der Waals surface area contributed by atoms with Gasteiger partial charge in [0, 0.05) is 17.1 Å². The lowest BCUT2D eigenvalue weighted by atomic mass is 10.1. The Morgan fingerprint density at radius 3 is 2.94 bits per heavy atom. The Labute approximate surface area is 108 Å². The zero-order valence-electron chi connectivity index (χ0n) is 9.54. The lowest BCUT2D eigenvalue weighted by Crippen LogP contribution is -2.32. The molecule has 0 saturated carbocycles. The van der Waals surface area contributed by atoms with Crippen molar-refractivity contribution in [2.24, 2.45) is 0 Å². The van der Waals surface area contributed by atoms with E-state index in [1.807, 2.05) is 6.92 Å². The maximum Gasteiger partial charge on any atom is 0.252 e. The van der Waals surface area contributed by atoms with Crippen molar-refractivity contribution in [3.8, 4) is 0 Å². The zero-order chi connectivity index (χ0) is 12.8. The molecule has 1 unspecified atom stereocenters. The quantitative estimate of drug-likeness (QED) is 0.878. The molecule has 0 fully saturated rings. The molecule has 0 bridgehead atoms. The van der Waals surface area contributed by atoms with Crippen LogP contribution in [0.4, 0.5) is 4.39 Å². The lowest BCUT2D eigenvalue weighted by Gasteiger charge is -2.13. The van der Waals surface area contributed by atoms with Gasteiger partial charge in [-0.3, -0.25) is 4.79 Å². The fourth-order valence-electron chi connectivity index (χ4n) is 1.44. The number of benzene rings is 1. The largest absolute Gasteiger partial charge is 0.396 e. The van der Waals surface area contributed by atoms with Crippen LogP contribution in [0.5, 0.6) is 0 Å². The molecule has 0 radical (unpaired) electrons. The molecular formula is C12H15BrFNO2. The summed E-state index contributed by atoms with van der Waals surface area (Å²) in [5.41, 5.74) is 0.279. The van der Waals surface area contributed by atoms with Crippen molar-refractivity contribution in [2.45, 2.75) is 25.8 Å². The van der Waals surface area contributed by atoms with Crippen LogP contribution in [0.25, 0.3) is 0 Å².